The summed E-state index contributed by atoms with van der Waals surface area (Å²) in [4.78, 5) is 23.9. The van der Waals surface area contributed by atoms with E-state index in [1.54, 1.807) is 0 Å². The van der Waals surface area contributed by atoms with Crippen molar-refractivity contribution in [3.8, 4) is 0 Å². The Morgan fingerprint density at radius 3 is 2.59 bits per heavy atom. The Morgan fingerprint density at radius 2 is 2.05 bits per heavy atom. The first-order valence-corrected chi connectivity index (χ1v) is 7.53. The van der Waals surface area contributed by atoms with E-state index in [0.29, 0.717) is 5.82 Å². The minimum absolute atomic E-state index is 0.0172. The lowest BCUT2D eigenvalue weighted by molar-refractivity contribution is -0.128. The van der Waals surface area contributed by atoms with Crippen LogP contribution in [0.2, 0.25) is 0 Å². The molecule has 1 heterocycles. The van der Waals surface area contributed by atoms with Crippen LogP contribution < -0.4 is 16.4 Å². The SMILES string of the molecule is CC(C)[C@H](N)C(=O)NCC(=O)NC1(c2nn[nH]n2)CCCC1. The van der Waals surface area contributed by atoms with Gasteiger partial charge >= 0.3 is 0 Å². The van der Waals surface area contributed by atoms with Crippen LogP contribution in [0.1, 0.15) is 45.4 Å². The maximum atomic E-state index is 12.1. The molecule has 0 aromatic carbocycles. The van der Waals surface area contributed by atoms with Gasteiger partial charge in [0.15, 0.2) is 5.82 Å². The highest BCUT2D eigenvalue weighted by Crippen LogP contribution is 2.36. The minimum atomic E-state index is -0.620. The Hall–Kier alpha value is -2.03. The standard InChI is InChI=1S/C13H23N7O2/c1-8(2)10(14)11(22)15-7-9(21)16-13(5-3-4-6-13)12-17-19-20-18-12/h8,10H,3-7,14H2,1-2H3,(H,15,22)(H,16,21)(H,17,18,19,20)/t10-/m0/s1. The zero-order chi connectivity index (χ0) is 16.2. The van der Waals surface area contributed by atoms with E-state index in [-0.39, 0.29) is 24.3 Å². The fraction of sp³-hybridized carbons (Fsp3) is 0.769. The van der Waals surface area contributed by atoms with E-state index in [9.17, 15) is 9.59 Å². The largest absolute Gasteiger partial charge is 0.346 e. The molecule has 5 N–H and O–H groups in total. The number of H-pyrrole nitrogens is 1. The van der Waals surface area contributed by atoms with Crippen LogP contribution in [-0.4, -0.2) is 45.0 Å². The summed E-state index contributed by atoms with van der Waals surface area (Å²) in [6, 6.07) is -0.620. The van der Waals surface area contributed by atoms with Crippen molar-refractivity contribution in [3.05, 3.63) is 5.82 Å². The van der Waals surface area contributed by atoms with Gasteiger partial charge in [-0.1, -0.05) is 31.9 Å². The topological polar surface area (TPSA) is 139 Å². The lowest BCUT2D eigenvalue weighted by Crippen LogP contribution is -2.51. The minimum Gasteiger partial charge on any atom is -0.346 e. The van der Waals surface area contributed by atoms with Crippen LogP contribution in [0.3, 0.4) is 0 Å². The maximum Gasteiger partial charge on any atom is 0.240 e. The Morgan fingerprint density at radius 1 is 1.36 bits per heavy atom. The van der Waals surface area contributed by atoms with Crippen molar-refractivity contribution in [2.45, 2.75) is 51.1 Å². The molecule has 2 rings (SSSR count). The highest BCUT2D eigenvalue weighted by atomic mass is 16.2. The van der Waals surface area contributed by atoms with Gasteiger partial charge in [0.2, 0.25) is 11.8 Å². The molecule has 1 atom stereocenters. The Kier molecular flexibility index (Phi) is 5.07. The van der Waals surface area contributed by atoms with Crippen LogP contribution in [0.4, 0.5) is 0 Å². The fourth-order valence-corrected chi connectivity index (χ4v) is 2.65. The van der Waals surface area contributed by atoms with Gasteiger partial charge in [0.25, 0.3) is 0 Å². The number of rotatable bonds is 6. The van der Waals surface area contributed by atoms with Crippen molar-refractivity contribution < 1.29 is 9.59 Å². The molecule has 1 aliphatic carbocycles. The van der Waals surface area contributed by atoms with Gasteiger partial charge in [-0.2, -0.15) is 5.21 Å². The fourth-order valence-electron chi connectivity index (χ4n) is 2.65. The number of aromatic nitrogens is 4. The van der Waals surface area contributed by atoms with Crippen molar-refractivity contribution in [2.75, 3.05) is 6.54 Å². The van der Waals surface area contributed by atoms with E-state index < -0.39 is 11.6 Å². The molecular formula is C13H23N7O2. The number of aromatic amines is 1. The number of nitrogens with two attached hydrogens (primary N) is 1. The molecule has 1 aromatic heterocycles. The van der Waals surface area contributed by atoms with Crippen LogP contribution in [0.15, 0.2) is 0 Å². The number of carbonyl (C=O) groups excluding carboxylic acids is 2. The Bertz CT molecular complexity index is 508. The summed E-state index contributed by atoms with van der Waals surface area (Å²) in [5.74, 6) is -0.103. The molecule has 0 saturated heterocycles. The molecule has 9 nitrogen and oxygen atoms in total. The zero-order valence-corrected chi connectivity index (χ0v) is 12.9. The highest BCUT2D eigenvalue weighted by Gasteiger charge is 2.40. The van der Waals surface area contributed by atoms with Crippen molar-refractivity contribution >= 4 is 11.8 Å². The van der Waals surface area contributed by atoms with Gasteiger partial charge in [-0.3, -0.25) is 9.59 Å². The van der Waals surface area contributed by atoms with E-state index in [0.717, 1.165) is 25.7 Å². The van der Waals surface area contributed by atoms with Crippen molar-refractivity contribution in [1.82, 2.24) is 31.3 Å². The predicted molar refractivity (Wildman–Crippen MR) is 78.3 cm³/mol. The molecule has 0 radical (unpaired) electrons. The summed E-state index contributed by atoms with van der Waals surface area (Å²) < 4.78 is 0. The molecule has 0 bridgehead atoms. The lowest BCUT2D eigenvalue weighted by atomic mass is 9.96. The van der Waals surface area contributed by atoms with Gasteiger partial charge in [0, 0.05) is 0 Å². The molecule has 2 amide bonds. The first-order valence-electron chi connectivity index (χ1n) is 7.53. The average Bonchev–Trinajstić information content (AvgIpc) is 3.15. The van der Waals surface area contributed by atoms with Gasteiger partial charge in [0.05, 0.1) is 12.6 Å². The molecule has 1 fully saturated rings. The summed E-state index contributed by atoms with van der Waals surface area (Å²) in [5.41, 5.74) is 5.15. The van der Waals surface area contributed by atoms with Gasteiger partial charge in [0.1, 0.15) is 5.54 Å². The van der Waals surface area contributed by atoms with Crippen molar-refractivity contribution in [2.24, 2.45) is 11.7 Å². The molecule has 1 aromatic rings. The van der Waals surface area contributed by atoms with E-state index in [4.69, 9.17) is 5.73 Å². The molecule has 122 valence electrons. The van der Waals surface area contributed by atoms with E-state index in [1.807, 2.05) is 13.8 Å². The van der Waals surface area contributed by atoms with Crippen molar-refractivity contribution in [3.63, 3.8) is 0 Å². The summed E-state index contributed by atoms with van der Waals surface area (Å²) in [7, 11) is 0. The molecule has 0 aliphatic heterocycles. The Balaban J connectivity index is 1.92. The van der Waals surface area contributed by atoms with Crippen LogP contribution in [0.25, 0.3) is 0 Å². The van der Waals surface area contributed by atoms with Crippen molar-refractivity contribution in [1.29, 1.82) is 0 Å². The predicted octanol–water partition coefficient (Wildman–Crippen LogP) is -0.815. The van der Waals surface area contributed by atoms with Crippen LogP contribution in [0.5, 0.6) is 0 Å². The number of hydrogen-bond acceptors (Lipinski definition) is 6. The normalized spacial score (nSPS) is 18.2. The molecule has 22 heavy (non-hydrogen) atoms. The number of hydrogen-bond donors (Lipinski definition) is 4. The number of nitrogens with one attached hydrogen (secondary N) is 3. The summed E-state index contributed by atoms with van der Waals surface area (Å²) in [5, 5.41) is 19.5. The molecule has 1 saturated carbocycles. The number of amides is 2. The molecular weight excluding hydrogens is 286 g/mol. The Labute approximate surface area is 128 Å². The van der Waals surface area contributed by atoms with Gasteiger partial charge in [-0.15, -0.1) is 10.2 Å². The average molecular weight is 309 g/mol. The second-order valence-electron chi connectivity index (χ2n) is 6.06. The van der Waals surface area contributed by atoms with E-state index in [1.165, 1.54) is 0 Å². The first kappa shape index (κ1) is 16.3. The van der Waals surface area contributed by atoms with Gasteiger partial charge in [-0.05, 0) is 18.8 Å². The smallest absolute Gasteiger partial charge is 0.240 e. The molecule has 1 aliphatic rings. The van der Waals surface area contributed by atoms with Crippen LogP contribution in [0, 0.1) is 5.92 Å². The maximum absolute atomic E-state index is 12.1. The van der Waals surface area contributed by atoms with E-state index in [2.05, 4.69) is 31.3 Å². The lowest BCUT2D eigenvalue weighted by Gasteiger charge is -2.27. The second-order valence-corrected chi connectivity index (χ2v) is 6.06. The molecule has 9 heteroatoms. The third-order valence-electron chi connectivity index (χ3n) is 4.05. The monoisotopic (exact) mass is 309 g/mol. The molecule has 0 unspecified atom stereocenters. The summed E-state index contributed by atoms with van der Waals surface area (Å²) in [6.07, 6.45) is 3.49. The van der Waals surface area contributed by atoms with E-state index >= 15 is 0 Å². The summed E-state index contributed by atoms with van der Waals surface area (Å²) in [6.45, 7) is 3.60. The number of carbonyl (C=O) groups is 2. The number of tetrazole rings is 1. The second kappa shape index (κ2) is 6.82. The van der Waals surface area contributed by atoms with Gasteiger partial charge < -0.3 is 16.4 Å². The quantitative estimate of drug-likeness (QED) is 0.542. The molecule has 0 spiro atoms. The van der Waals surface area contributed by atoms with Gasteiger partial charge in [-0.25, -0.2) is 0 Å². The van der Waals surface area contributed by atoms with Crippen LogP contribution in [-0.2, 0) is 15.1 Å². The van der Waals surface area contributed by atoms with Crippen LogP contribution >= 0.6 is 0 Å². The number of nitrogens with zero attached hydrogens (tertiary/aromatic N) is 3. The highest BCUT2D eigenvalue weighted by molar-refractivity contribution is 5.87. The summed E-state index contributed by atoms with van der Waals surface area (Å²) >= 11 is 0. The zero-order valence-electron chi connectivity index (χ0n) is 12.9. The third-order valence-corrected chi connectivity index (χ3v) is 4.05. The third kappa shape index (κ3) is 3.59. The first-order chi connectivity index (χ1) is 10.4.